The van der Waals surface area contributed by atoms with Gasteiger partial charge in [-0.05, 0) is 157 Å². The molecule has 8 atom stereocenters. The maximum atomic E-state index is 10.1. The molecule has 4 unspecified atom stereocenters. The second-order valence-corrected chi connectivity index (χ2v) is 18.7. The molecule has 9 rings (SSSR count). The molecule has 55 heavy (non-hydrogen) atoms. The highest BCUT2D eigenvalue weighted by Crippen LogP contribution is 2.56. The van der Waals surface area contributed by atoms with Crippen LogP contribution in [-0.4, -0.2) is 15.0 Å². The van der Waals surface area contributed by atoms with Gasteiger partial charge in [0.1, 0.15) is 0 Å². The average molecular weight is 724 g/mol. The lowest BCUT2D eigenvalue weighted by molar-refractivity contribution is 0.0702. The molecule has 0 amide bonds. The molecule has 4 aliphatic rings. The zero-order valence-electron chi connectivity index (χ0n) is 33.0. The molecule has 0 saturated heterocycles. The van der Waals surface area contributed by atoms with Crippen LogP contribution in [0.3, 0.4) is 0 Å². The van der Waals surface area contributed by atoms with Crippen molar-refractivity contribution < 1.29 is 0 Å². The largest absolute Gasteiger partial charge is 0.208 e. The summed E-state index contributed by atoms with van der Waals surface area (Å²) in [6.45, 7) is 9.72. The van der Waals surface area contributed by atoms with Gasteiger partial charge in [-0.1, -0.05) is 88.7 Å². The molecule has 278 valence electrons. The quantitative estimate of drug-likeness (QED) is 0.174. The number of aromatic nitrogens is 3. The summed E-state index contributed by atoms with van der Waals surface area (Å²) in [4.78, 5) is 15.5. The number of nitrogens with zero attached hydrogens (tertiary/aromatic N) is 5. The van der Waals surface area contributed by atoms with Crippen molar-refractivity contribution in [3.63, 3.8) is 0 Å². The third-order valence-electron chi connectivity index (χ3n) is 14.3. The SMILES string of the molecule is CC[C@H]1C[C@H]2C[C@@H](C)CC(c3ccc(-c4nc(-c5ccc(C67CC(C)CC(C[C@H](C)C6)C7)cc5)nc(-c5cc(C#N)cc6cc(C#N)ccc56)n4)cc3)(C2)C1. The molecule has 4 aromatic carbocycles. The van der Waals surface area contributed by atoms with E-state index in [0.29, 0.717) is 28.6 Å². The molecule has 1 heterocycles. The van der Waals surface area contributed by atoms with E-state index in [0.717, 1.165) is 63.0 Å². The zero-order chi connectivity index (χ0) is 37.9. The van der Waals surface area contributed by atoms with Crippen molar-refractivity contribution in [3.05, 3.63) is 101 Å². The van der Waals surface area contributed by atoms with Crippen LogP contribution in [0.5, 0.6) is 0 Å². The Labute approximate surface area is 327 Å². The lowest BCUT2D eigenvalue weighted by atomic mass is 9.54. The first kappa shape index (κ1) is 35.8. The van der Waals surface area contributed by atoms with Gasteiger partial charge in [-0.2, -0.15) is 10.5 Å². The van der Waals surface area contributed by atoms with Gasteiger partial charge >= 0.3 is 0 Å². The number of rotatable bonds is 6. The average Bonchev–Trinajstić information content (AvgIpc) is 3.19. The number of fused-ring (bicyclic) bond motifs is 5. The number of hydrogen-bond donors (Lipinski definition) is 0. The van der Waals surface area contributed by atoms with Crippen LogP contribution in [0.25, 0.3) is 44.9 Å². The molecule has 0 spiro atoms. The van der Waals surface area contributed by atoms with Crippen LogP contribution in [0.2, 0.25) is 0 Å². The molecule has 0 N–H and O–H groups in total. The molecule has 4 fully saturated rings. The normalized spacial score (nSPS) is 30.0. The number of benzene rings is 4. The van der Waals surface area contributed by atoms with Crippen LogP contribution in [0, 0.1) is 58.2 Å². The fraction of sp³-hybridized carbons (Fsp3) is 0.460. The van der Waals surface area contributed by atoms with E-state index >= 15 is 0 Å². The van der Waals surface area contributed by atoms with E-state index < -0.39 is 0 Å². The van der Waals surface area contributed by atoms with E-state index in [4.69, 9.17) is 15.0 Å². The van der Waals surface area contributed by atoms with Crippen molar-refractivity contribution in [1.29, 1.82) is 10.5 Å². The Balaban J connectivity index is 1.14. The molecule has 0 radical (unpaired) electrons. The van der Waals surface area contributed by atoms with E-state index in [2.05, 4.69) is 88.4 Å². The Kier molecular flexibility index (Phi) is 9.12. The maximum absolute atomic E-state index is 10.1. The lowest BCUT2D eigenvalue weighted by Crippen LogP contribution is -2.42. The van der Waals surface area contributed by atoms with Crippen LogP contribution in [0.15, 0.2) is 78.9 Å². The van der Waals surface area contributed by atoms with Crippen LogP contribution < -0.4 is 0 Å². The molecular weight excluding hydrogens is 671 g/mol. The third kappa shape index (κ3) is 6.65. The first-order valence-corrected chi connectivity index (χ1v) is 21.0. The van der Waals surface area contributed by atoms with Gasteiger partial charge in [0.05, 0.1) is 23.3 Å². The number of hydrogen-bond acceptors (Lipinski definition) is 5. The minimum atomic E-state index is 0.250. The molecular formula is C50H53N5. The van der Waals surface area contributed by atoms with Gasteiger partial charge in [0.15, 0.2) is 17.5 Å². The van der Waals surface area contributed by atoms with Gasteiger partial charge in [0, 0.05) is 16.7 Å². The topological polar surface area (TPSA) is 86.2 Å². The second-order valence-electron chi connectivity index (χ2n) is 18.7. The fourth-order valence-corrected chi connectivity index (χ4v) is 12.6. The predicted octanol–water partition coefficient (Wildman–Crippen LogP) is 12.4. The van der Waals surface area contributed by atoms with E-state index in [1.807, 2.05) is 30.3 Å². The van der Waals surface area contributed by atoms with E-state index in [1.54, 1.807) is 0 Å². The Morgan fingerprint density at radius 2 is 1.05 bits per heavy atom. The Bertz CT molecular complexity index is 2300. The van der Waals surface area contributed by atoms with Crippen LogP contribution in [-0.2, 0) is 10.8 Å². The maximum Gasteiger partial charge on any atom is 0.164 e. The predicted molar refractivity (Wildman–Crippen MR) is 221 cm³/mol. The Morgan fingerprint density at radius 1 is 0.564 bits per heavy atom. The summed E-state index contributed by atoms with van der Waals surface area (Å²) in [5, 5.41) is 21.4. The first-order chi connectivity index (χ1) is 26.6. The van der Waals surface area contributed by atoms with Gasteiger partial charge in [-0.3, -0.25) is 0 Å². The van der Waals surface area contributed by atoms with Crippen molar-refractivity contribution in [2.75, 3.05) is 0 Å². The van der Waals surface area contributed by atoms with Gasteiger partial charge in [0.25, 0.3) is 0 Å². The summed E-state index contributed by atoms with van der Waals surface area (Å²) in [5.74, 6) is 6.51. The van der Waals surface area contributed by atoms with Crippen molar-refractivity contribution in [3.8, 4) is 46.3 Å². The molecule has 4 aliphatic carbocycles. The molecule has 4 saturated carbocycles. The summed E-state index contributed by atoms with van der Waals surface area (Å²) in [6.07, 6.45) is 14.4. The minimum absolute atomic E-state index is 0.250. The van der Waals surface area contributed by atoms with Crippen molar-refractivity contribution in [2.45, 2.75) is 109 Å². The summed E-state index contributed by atoms with van der Waals surface area (Å²) in [6, 6.07) is 32.2. The van der Waals surface area contributed by atoms with Gasteiger partial charge in [-0.25, -0.2) is 15.0 Å². The lowest BCUT2D eigenvalue weighted by Gasteiger charge is -2.51. The van der Waals surface area contributed by atoms with Crippen molar-refractivity contribution in [1.82, 2.24) is 15.0 Å². The molecule has 1 aromatic heterocycles. The Hall–Kier alpha value is -4.87. The van der Waals surface area contributed by atoms with E-state index in [-0.39, 0.29) is 10.8 Å². The zero-order valence-corrected chi connectivity index (χ0v) is 33.0. The summed E-state index contributed by atoms with van der Waals surface area (Å²) < 4.78 is 0. The molecule has 5 heteroatoms. The highest BCUT2D eigenvalue weighted by atomic mass is 15.0. The molecule has 0 aliphatic heterocycles. The standard InChI is InChI=1S/C50H53N5/c1-5-34-19-37-18-33(4)25-50(26-34,28-37)43-13-9-40(10-14-43)47-53-46(39-7-11-42(12-8-39)49-23-31(2)16-36(27-49)17-32(3)24-49)54-48(55-47)45-22-38(30-52)21-41-20-35(29-51)6-15-44(41)45/h6-15,20-22,31-34,36-37H,5,16-19,23-28H2,1-4H3/t31-,32?,33+,34-,36?,37+,49?,50?/m0/s1. The highest BCUT2D eigenvalue weighted by Gasteiger charge is 2.46. The molecule has 4 bridgehead atoms. The monoisotopic (exact) mass is 723 g/mol. The van der Waals surface area contributed by atoms with Gasteiger partial charge in [-0.15, -0.1) is 0 Å². The summed E-state index contributed by atoms with van der Waals surface area (Å²) in [7, 11) is 0. The third-order valence-corrected chi connectivity index (χ3v) is 14.3. The fourth-order valence-electron chi connectivity index (χ4n) is 12.6. The minimum Gasteiger partial charge on any atom is -0.208 e. The van der Waals surface area contributed by atoms with Gasteiger partial charge in [0.2, 0.25) is 0 Å². The first-order valence-electron chi connectivity index (χ1n) is 21.0. The highest BCUT2D eigenvalue weighted by molar-refractivity contribution is 5.97. The second kappa shape index (κ2) is 14.0. The summed E-state index contributed by atoms with van der Waals surface area (Å²) >= 11 is 0. The van der Waals surface area contributed by atoms with E-state index in [9.17, 15) is 10.5 Å². The molecule has 5 aromatic rings. The number of nitriles is 2. The van der Waals surface area contributed by atoms with Crippen molar-refractivity contribution >= 4 is 10.8 Å². The summed E-state index contributed by atoms with van der Waals surface area (Å²) in [5.41, 5.74) is 7.18. The smallest absolute Gasteiger partial charge is 0.164 e. The Morgan fingerprint density at radius 3 is 1.58 bits per heavy atom. The van der Waals surface area contributed by atoms with Gasteiger partial charge < -0.3 is 0 Å². The molecule has 5 nitrogen and oxygen atoms in total. The van der Waals surface area contributed by atoms with E-state index in [1.165, 1.54) is 81.8 Å². The van der Waals surface area contributed by atoms with Crippen LogP contribution in [0.1, 0.15) is 121 Å². The van der Waals surface area contributed by atoms with Crippen LogP contribution in [0.4, 0.5) is 0 Å². The van der Waals surface area contributed by atoms with Crippen molar-refractivity contribution in [2.24, 2.45) is 35.5 Å². The van der Waals surface area contributed by atoms with Crippen LogP contribution >= 0.6 is 0 Å².